The molecule has 0 bridgehead atoms. The van der Waals surface area contributed by atoms with Crippen LogP contribution < -0.4 is 10.1 Å². The fraction of sp³-hybridized carbons (Fsp3) is 0.400. The molecular formula is C20H24ClNO5. The van der Waals surface area contributed by atoms with Crippen LogP contribution in [0.5, 0.6) is 5.75 Å². The second-order valence-corrected chi connectivity index (χ2v) is 6.37. The van der Waals surface area contributed by atoms with Gasteiger partial charge < -0.3 is 19.5 Å². The summed E-state index contributed by atoms with van der Waals surface area (Å²) in [5.74, 6) is -1.14. The van der Waals surface area contributed by atoms with Gasteiger partial charge in [-0.05, 0) is 45.4 Å². The molecule has 1 aliphatic rings. The molecule has 0 spiro atoms. The largest absolute Gasteiger partial charge is 0.497 e. The molecule has 0 fully saturated rings. The lowest BCUT2D eigenvalue weighted by atomic mass is 9.80. The van der Waals surface area contributed by atoms with Crippen molar-refractivity contribution >= 4 is 23.5 Å². The van der Waals surface area contributed by atoms with Gasteiger partial charge >= 0.3 is 11.9 Å². The highest BCUT2D eigenvalue weighted by Crippen LogP contribution is 2.42. The second-order valence-electron chi connectivity index (χ2n) is 5.96. The zero-order valence-corrected chi connectivity index (χ0v) is 16.9. The van der Waals surface area contributed by atoms with Crippen LogP contribution in [0.1, 0.15) is 39.2 Å². The first kappa shape index (κ1) is 20.8. The Morgan fingerprint density at radius 3 is 1.96 bits per heavy atom. The van der Waals surface area contributed by atoms with Crippen molar-refractivity contribution in [3.8, 4) is 5.75 Å². The number of hydrogen-bond acceptors (Lipinski definition) is 6. The number of allylic oxidation sites excluding steroid dienone is 2. The number of carbonyl (C=O) groups excluding carboxylic acids is 2. The molecule has 0 unspecified atom stereocenters. The van der Waals surface area contributed by atoms with Gasteiger partial charge in [0.1, 0.15) is 5.75 Å². The van der Waals surface area contributed by atoms with Crippen LogP contribution in [-0.4, -0.2) is 32.3 Å². The summed E-state index contributed by atoms with van der Waals surface area (Å²) in [4.78, 5) is 25.4. The topological polar surface area (TPSA) is 73.9 Å². The summed E-state index contributed by atoms with van der Waals surface area (Å²) in [7, 11) is 1.54. The van der Waals surface area contributed by atoms with E-state index >= 15 is 0 Å². The zero-order chi connectivity index (χ0) is 20.1. The minimum atomic E-state index is -0.706. The molecule has 146 valence electrons. The summed E-state index contributed by atoms with van der Waals surface area (Å²) < 4.78 is 15.7. The molecule has 2 rings (SSSR count). The molecule has 1 heterocycles. The molecular weight excluding hydrogens is 370 g/mol. The predicted octanol–water partition coefficient (Wildman–Crippen LogP) is 3.71. The Hall–Kier alpha value is -2.47. The van der Waals surface area contributed by atoms with E-state index < -0.39 is 17.9 Å². The third-order valence-electron chi connectivity index (χ3n) is 4.27. The first-order chi connectivity index (χ1) is 12.8. The van der Waals surface area contributed by atoms with Gasteiger partial charge in [0.15, 0.2) is 0 Å². The summed E-state index contributed by atoms with van der Waals surface area (Å²) in [6.45, 7) is 7.43. The van der Waals surface area contributed by atoms with E-state index in [1.165, 1.54) is 7.11 Å². The number of carbonyl (C=O) groups is 2. The molecule has 7 heteroatoms. The number of dihydropyridines is 1. The molecule has 0 amide bonds. The Morgan fingerprint density at radius 2 is 1.56 bits per heavy atom. The first-order valence-corrected chi connectivity index (χ1v) is 9.09. The van der Waals surface area contributed by atoms with Gasteiger partial charge in [-0.25, -0.2) is 9.59 Å². The second kappa shape index (κ2) is 8.95. The van der Waals surface area contributed by atoms with E-state index in [-0.39, 0.29) is 13.2 Å². The Labute approximate surface area is 164 Å². The van der Waals surface area contributed by atoms with Crippen molar-refractivity contribution in [3.05, 3.63) is 51.3 Å². The molecule has 1 aromatic carbocycles. The van der Waals surface area contributed by atoms with E-state index in [0.717, 1.165) is 0 Å². The van der Waals surface area contributed by atoms with Gasteiger partial charge in [0.25, 0.3) is 0 Å². The van der Waals surface area contributed by atoms with Gasteiger partial charge in [-0.3, -0.25) is 0 Å². The molecule has 1 N–H and O–H groups in total. The highest BCUT2D eigenvalue weighted by atomic mass is 35.5. The van der Waals surface area contributed by atoms with E-state index in [0.29, 0.717) is 38.9 Å². The van der Waals surface area contributed by atoms with Crippen LogP contribution >= 0.6 is 11.6 Å². The number of methoxy groups -OCH3 is 1. The standard InChI is InChI=1S/C20H24ClNO5/c1-6-26-19(23)16-11(3)22-12(4)17(20(24)27-7-2)18(16)14-9-8-13(25-5)10-15(14)21/h8-10,18,22H,6-7H2,1-5H3. The maximum Gasteiger partial charge on any atom is 0.336 e. The Balaban J connectivity index is 2.68. The van der Waals surface area contributed by atoms with E-state index in [1.807, 2.05) is 0 Å². The monoisotopic (exact) mass is 393 g/mol. The third kappa shape index (κ3) is 4.27. The highest BCUT2D eigenvalue weighted by Gasteiger charge is 2.38. The molecule has 27 heavy (non-hydrogen) atoms. The number of ether oxygens (including phenoxy) is 3. The lowest BCUT2D eigenvalue weighted by Crippen LogP contribution is -2.32. The number of rotatable bonds is 6. The van der Waals surface area contributed by atoms with Gasteiger partial charge in [0, 0.05) is 16.4 Å². The minimum Gasteiger partial charge on any atom is -0.497 e. The predicted molar refractivity (Wildman–Crippen MR) is 103 cm³/mol. The average Bonchev–Trinajstić information content (AvgIpc) is 2.61. The van der Waals surface area contributed by atoms with Crippen molar-refractivity contribution in [2.24, 2.45) is 0 Å². The lowest BCUT2D eigenvalue weighted by molar-refractivity contribution is -0.139. The van der Waals surface area contributed by atoms with Crippen LogP contribution in [0, 0.1) is 0 Å². The van der Waals surface area contributed by atoms with Gasteiger partial charge in [-0.1, -0.05) is 17.7 Å². The van der Waals surface area contributed by atoms with Crippen molar-refractivity contribution in [1.82, 2.24) is 5.32 Å². The molecule has 0 aromatic heterocycles. The average molecular weight is 394 g/mol. The molecule has 6 nitrogen and oxygen atoms in total. The number of hydrogen-bond donors (Lipinski definition) is 1. The van der Waals surface area contributed by atoms with Crippen molar-refractivity contribution < 1.29 is 23.8 Å². The molecule has 0 saturated carbocycles. The quantitative estimate of drug-likeness (QED) is 0.742. The van der Waals surface area contributed by atoms with Crippen LogP contribution in [0.25, 0.3) is 0 Å². The maximum atomic E-state index is 12.7. The van der Waals surface area contributed by atoms with Crippen LogP contribution in [0.15, 0.2) is 40.7 Å². The van der Waals surface area contributed by atoms with E-state index in [1.54, 1.807) is 45.9 Å². The minimum absolute atomic E-state index is 0.218. The van der Waals surface area contributed by atoms with E-state index in [2.05, 4.69) is 5.32 Å². The van der Waals surface area contributed by atoms with E-state index in [4.69, 9.17) is 25.8 Å². The van der Waals surface area contributed by atoms with Crippen LogP contribution in [0.2, 0.25) is 5.02 Å². The zero-order valence-electron chi connectivity index (χ0n) is 16.1. The summed E-state index contributed by atoms with van der Waals surface area (Å²) in [6.07, 6.45) is 0. The first-order valence-electron chi connectivity index (χ1n) is 8.71. The number of nitrogens with one attached hydrogen (secondary N) is 1. The van der Waals surface area contributed by atoms with Crippen molar-refractivity contribution in [3.63, 3.8) is 0 Å². The molecule has 0 radical (unpaired) electrons. The normalized spacial score (nSPS) is 14.7. The van der Waals surface area contributed by atoms with Gasteiger partial charge in [0.05, 0.1) is 37.4 Å². The Kier molecular flexibility index (Phi) is 6.91. The van der Waals surface area contributed by atoms with Gasteiger partial charge in [-0.15, -0.1) is 0 Å². The molecule has 1 aliphatic heterocycles. The summed E-state index contributed by atoms with van der Waals surface area (Å²) in [6, 6.07) is 5.13. The smallest absolute Gasteiger partial charge is 0.336 e. The number of esters is 2. The Bertz CT molecular complexity index is 773. The molecule has 0 saturated heterocycles. The van der Waals surface area contributed by atoms with Crippen molar-refractivity contribution in [2.45, 2.75) is 33.6 Å². The van der Waals surface area contributed by atoms with Crippen LogP contribution in [0.4, 0.5) is 0 Å². The van der Waals surface area contributed by atoms with E-state index in [9.17, 15) is 9.59 Å². The summed E-state index contributed by atoms with van der Waals surface area (Å²) >= 11 is 6.48. The van der Waals surface area contributed by atoms with Gasteiger partial charge in [-0.2, -0.15) is 0 Å². The molecule has 0 aliphatic carbocycles. The summed E-state index contributed by atoms with van der Waals surface area (Å²) in [5, 5.41) is 3.47. The number of benzene rings is 1. The van der Waals surface area contributed by atoms with Crippen molar-refractivity contribution in [1.29, 1.82) is 0 Å². The summed E-state index contributed by atoms with van der Waals surface area (Å²) in [5.41, 5.74) is 2.48. The fourth-order valence-corrected chi connectivity index (χ4v) is 3.41. The lowest BCUT2D eigenvalue weighted by Gasteiger charge is -2.31. The molecule has 1 aromatic rings. The molecule has 0 atom stereocenters. The maximum absolute atomic E-state index is 12.7. The SMILES string of the molecule is CCOC(=O)C1=C(C)NC(C)=C(C(=O)OCC)C1c1ccc(OC)cc1Cl. The Morgan fingerprint density at radius 1 is 1.04 bits per heavy atom. The van der Waals surface area contributed by atoms with Crippen LogP contribution in [-0.2, 0) is 19.1 Å². The van der Waals surface area contributed by atoms with Gasteiger partial charge in [0.2, 0.25) is 0 Å². The van der Waals surface area contributed by atoms with Crippen molar-refractivity contribution in [2.75, 3.05) is 20.3 Å². The fourth-order valence-electron chi connectivity index (χ4n) is 3.13. The highest BCUT2D eigenvalue weighted by molar-refractivity contribution is 6.31. The third-order valence-corrected chi connectivity index (χ3v) is 4.60. The number of halogens is 1. The van der Waals surface area contributed by atoms with Crippen LogP contribution in [0.3, 0.4) is 0 Å².